The van der Waals surface area contributed by atoms with Crippen LogP contribution in [0.25, 0.3) is 0 Å². The van der Waals surface area contributed by atoms with Crippen molar-refractivity contribution in [1.82, 2.24) is 5.32 Å². The maximum absolute atomic E-state index is 11.9. The van der Waals surface area contributed by atoms with Gasteiger partial charge in [0.1, 0.15) is 17.6 Å². The quantitative estimate of drug-likeness (QED) is 0.858. The number of amides is 1. The average molecular weight is 305 g/mol. The Morgan fingerprint density at radius 3 is 2.82 bits per heavy atom. The van der Waals surface area contributed by atoms with Crippen LogP contribution in [0.2, 0.25) is 0 Å². The number of hydrogen-bond donors (Lipinski definition) is 2. The Morgan fingerprint density at radius 2 is 2.18 bits per heavy atom. The maximum atomic E-state index is 11.9. The highest BCUT2D eigenvalue weighted by Crippen LogP contribution is 2.39. The van der Waals surface area contributed by atoms with E-state index in [-0.39, 0.29) is 12.0 Å². The molecule has 3 atom stereocenters. The van der Waals surface area contributed by atoms with Crippen LogP contribution in [0, 0.1) is 11.8 Å². The Kier molecular flexibility index (Phi) is 3.68. The van der Waals surface area contributed by atoms with E-state index in [0.29, 0.717) is 18.7 Å². The van der Waals surface area contributed by atoms with Crippen LogP contribution in [-0.2, 0) is 22.6 Å². The first-order valence-electron chi connectivity index (χ1n) is 7.36. The van der Waals surface area contributed by atoms with Gasteiger partial charge < -0.3 is 19.9 Å². The third-order valence-electron chi connectivity index (χ3n) is 4.20. The van der Waals surface area contributed by atoms with Gasteiger partial charge in [0.25, 0.3) is 0 Å². The summed E-state index contributed by atoms with van der Waals surface area (Å²) < 4.78 is 11.1. The molecule has 3 unspecified atom stereocenters. The molecule has 2 aliphatic rings. The number of carbonyl (C=O) groups excluding carboxylic acids is 1. The molecule has 1 aliphatic carbocycles. The van der Waals surface area contributed by atoms with Gasteiger partial charge in [0, 0.05) is 24.1 Å². The third-order valence-corrected chi connectivity index (χ3v) is 4.20. The van der Waals surface area contributed by atoms with E-state index in [1.165, 1.54) is 0 Å². The summed E-state index contributed by atoms with van der Waals surface area (Å²) >= 11 is 0. The van der Waals surface area contributed by atoms with Crippen molar-refractivity contribution in [3.63, 3.8) is 0 Å². The zero-order chi connectivity index (χ0) is 15.9. The number of benzene rings is 1. The second-order valence-electron chi connectivity index (χ2n) is 5.91. The standard InChI is InChI=1S/C16H19NO5/c1-8-3-9-4-13(21-2)10(5-14(9)22-8)7-17-15(18)11-6-12(11)16(19)20/h4-5,8,11-12H,3,6-7H2,1-2H3,(H,17,18)(H,19,20). The molecule has 0 bridgehead atoms. The lowest BCUT2D eigenvalue weighted by molar-refractivity contribution is -0.140. The molecule has 6 heteroatoms. The van der Waals surface area contributed by atoms with Crippen LogP contribution < -0.4 is 14.8 Å². The highest BCUT2D eigenvalue weighted by Gasteiger charge is 2.48. The predicted molar refractivity (Wildman–Crippen MR) is 77.9 cm³/mol. The fourth-order valence-electron chi connectivity index (χ4n) is 2.88. The van der Waals surface area contributed by atoms with Gasteiger partial charge in [-0.3, -0.25) is 9.59 Å². The topological polar surface area (TPSA) is 84.9 Å². The van der Waals surface area contributed by atoms with Crippen LogP contribution in [0.15, 0.2) is 12.1 Å². The molecule has 1 aromatic carbocycles. The smallest absolute Gasteiger partial charge is 0.307 e. The summed E-state index contributed by atoms with van der Waals surface area (Å²) in [5.41, 5.74) is 1.93. The zero-order valence-electron chi connectivity index (χ0n) is 12.6. The van der Waals surface area contributed by atoms with Crippen molar-refractivity contribution in [2.24, 2.45) is 11.8 Å². The van der Waals surface area contributed by atoms with E-state index < -0.39 is 17.8 Å². The van der Waals surface area contributed by atoms with E-state index >= 15 is 0 Å². The van der Waals surface area contributed by atoms with Gasteiger partial charge in [-0.2, -0.15) is 0 Å². The summed E-state index contributed by atoms with van der Waals surface area (Å²) in [7, 11) is 1.59. The van der Waals surface area contributed by atoms with Crippen LogP contribution in [0.1, 0.15) is 24.5 Å². The fourth-order valence-corrected chi connectivity index (χ4v) is 2.88. The SMILES string of the molecule is COc1cc2c(cc1CNC(=O)C1CC1C(=O)O)OC(C)C2. The van der Waals surface area contributed by atoms with Gasteiger partial charge in [0.05, 0.1) is 18.9 Å². The molecule has 118 valence electrons. The highest BCUT2D eigenvalue weighted by molar-refractivity contribution is 5.89. The van der Waals surface area contributed by atoms with E-state index in [1.54, 1.807) is 7.11 Å². The molecule has 22 heavy (non-hydrogen) atoms. The highest BCUT2D eigenvalue weighted by atomic mass is 16.5. The van der Waals surface area contributed by atoms with Crippen molar-refractivity contribution in [2.45, 2.75) is 32.4 Å². The van der Waals surface area contributed by atoms with Crippen molar-refractivity contribution in [1.29, 1.82) is 0 Å². The maximum Gasteiger partial charge on any atom is 0.307 e. The Hall–Kier alpha value is -2.24. The molecule has 3 rings (SSSR count). The normalized spacial score (nSPS) is 25.1. The minimum absolute atomic E-state index is 0.146. The number of carbonyl (C=O) groups is 2. The summed E-state index contributed by atoms with van der Waals surface area (Å²) in [4.78, 5) is 22.7. The molecule has 1 amide bonds. The summed E-state index contributed by atoms with van der Waals surface area (Å²) in [5, 5.41) is 11.6. The summed E-state index contributed by atoms with van der Waals surface area (Å²) in [5.74, 6) is -0.531. The van der Waals surface area contributed by atoms with E-state index in [9.17, 15) is 9.59 Å². The van der Waals surface area contributed by atoms with Gasteiger partial charge in [-0.05, 0) is 25.5 Å². The van der Waals surface area contributed by atoms with Gasteiger partial charge >= 0.3 is 5.97 Å². The van der Waals surface area contributed by atoms with E-state index in [2.05, 4.69) is 5.32 Å². The molecule has 1 aromatic rings. The molecule has 1 aliphatic heterocycles. The molecular formula is C16H19NO5. The average Bonchev–Trinajstić information content (AvgIpc) is 3.20. The van der Waals surface area contributed by atoms with Crippen LogP contribution in [0.5, 0.6) is 11.5 Å². The van der Waals surface area contributed by atoms with Gasteiger partial charge in [0.15, 0.2) is 0 Å². The number of hydrogen-bond acceptors (Lipinski definition) is 4. The number of fused-ring (bicyclic) bond motifs is 1. The molecule has 0 saturated heterocycles. The van der Waals surface area contributed by atoms with Crippen LogP contribution in [0.3, 0.4) is 0 Å². The molecule has 1 heterocycles. The van der Waals surface area contributed by atoms with E-state index in [1.807, 2.05) is 19.1 Å². The Morgan fingerprint density at radius 1 is 1.41 bits per heavy atom. The molecule has 2 N–H and O–H groups in total. The van der Waals surface area contributed by atoms with Crippen molar-refractivity contribution < 1.29 is 24.2 Å². The predicted octanol–water partition coefficient (Wildman–Crippen LogP) is 1.36. The third kappa shape index (κ3) is 2.73. The fraction of sp³-hybridized carbons (Fsp3) is 0.500. The lowest BCUT2D eigenvalue weighted by Crippen LogP contribution is -2.26. The van der Waals surface area contributed by atoms with Crippen LogP contribution >= 0.6 is 0 Å². The molecule has 0 radical (unpaired) electrons. The molecule has 1 fully saturated rings. The van der Waals surface area contributed by atoms with Crippen LogP contribution in [0.4, 0.5) is 0 Å². The number of methoxy groups -OCH3 is 1. The summed E-state index contributed by atoms with van der Waals surface area (Å²) in [6.45, 7) is 2.31. The minimum atomic E-state index is -0.905. The van der Waals surface area contributed by atoms with Crippen LogP contribution in [-0.4, -0.2) is 30.2 Å². The summed E-state index contributed by atoms with van der Waals surface area (Å²) in [6.07, 6.45) is 1.41. The number of nitrogens with one attached hydrogen (secondary N) is 1. The Bertz CT molecular complexity index is 627. The van der Waals surface area contributed by atoms with E-state index in [4.69, 9.17) is 14.6 Å². The first kappa shape index (κ1) is 14.7. The van der Waals surface area contributed by atoms with Crippen molar-refractivity contribution >= 4 is 11.9 Å². The molecule has 0 spiro atoms. The zero-order valence-corrected chi connectivity index (χ0v) is 12.6. The van der Waals surface area contributed by atoms with E-state index in [0.717, 1.165) is 23.3 Å². The second kappa shape index (κ2) is 5.51. The Labute approximate surface area is 128 Å². The minimum Gasteiger partial charge on any atom is -0.496 e. The number of carboxylic acids is 1. The number of carboxylic acid groups (broad SMARTS) is 1. The van der Waals surface area contributed by atoms with Gasteiger partial charge in [-0.25, -0.2) is 0 Å². The number of ether oxygens (including phenoxy) is 2. The van der Waals surface area contributed by atoms with Gasteiger partial charge in [-0.15, -0.1) is 0 Å². The largest absolute Gasteiger partial charge is 0.496 e. The lowest BCUT2D eigenvalue weighted by Gasteiger charge is -2.12. The Balaban J connectivity index is 1.67. The number of aliphatic carboxylic acids is 1. The van der Waals surface area contributed by atoms with Crippen molar-refractivity contribution in [3.8, 4) is 11.5 Å². The molecule has 1 saturated carbocycles. The second-order valence-corrected chi connectivity index (χ2v) is 5.91. The molecule has 0 aromatic heterocycles. The molecular weight excluding hydrogens is 286 g/mol. The van der Waals surface area contributed by atoms with Crippen molar-refractivity contribution in [3.05, 3.63) is 23.3 Å². The molecule has 6 nitrogen and oxygen atoms in total. The van der Waals surface area contributed by atoms with Gasteiger partial charge in [0.2, 0.25) is 5.91 Å². The van der Waals surface area contributed by atoms with Gasteiger partial charge in [-0.1, -0.05) is 0 Å². The summed E-state index contributed by atoms with van der Waals surface area (Å²) in [6, 6.07) is 3.83. The number of rotatable bonds is 5. The lowest BCUT2D eigenvalue weighted by atomic mass is 10.1. The first-order chi connectivity index (χ1) is 10.5. The first-order valence-corrected chi connectivity index (χ1v) is 7.36. The van der Waals surface area contributed by atoms with Crippen molar-refractivity contribution in [2.75, 3.05) is 7.11 Å². The monoisotopic (exact) mass is 305 g/mol.